The molecule has 0 unspecified atom stereocenters. The highest BCUT2D eigenvalue weighted by Gasteiger charge is 2.04. The van der Waals surface area contributed by atoms with E-state index < -0.39 is 0 Å². The maximum atomic E-state index is 13.0. The Hall–Kier alpha value is -2.56. The van der Waals surface area contributed by atoms with Gasteiger partial charge in [0.15, 0.2) is 0 Å². The van der Waals surface area contributed by atoms with E-state index in [4.69, 9.17) is 4.74 Å². The van der Waals surface area contributed by atoms with Crippen molar-refractivity contribution in [2.75, 3.05) is 19.4 Å². The van der Waals surface area contributed by atoms with Gasteiger partial charge in [-0.2, -0.15) is 0 Å². The fraction of sp³-hybridized carbons (Fsp3) is 0.188. The average Bonchev–Trinajstić information content (AvgIpc) is 2.46. The quantitative estimate of drug-likeness (QED) is 0.935. The average molecular weight is 288 g/mol. The van der Waals surface area contributed by atoms with Gasteiger partial charge in [0.25, 0.3) is 0 Å². The molecule has 2 aromatic rings. The number of hydrogen-bond acceptors (Lipinski definition) is 2. The Balaban J connectivity index is 1.92. The summed E-state index contributed by atoms with van der Waals surface area (Å²) in [5.41, 5.74) is 1.45. The molecule has 0 aliphatic rings. The van der Waals surface area contributed by atoms with Gasteiger partial charge in [-0.1, -0.05) is 12.1 Å². The summed E-state index contributed by atoms with van der Waals surface area (Å²) in [5.74, 6) is 0.375. The molecular weight excluding hydrogens is 271 g/mol. The molecule has 0 saturated heterocycles. The summed E-state index contributed by atoms with van der Waals surface area (Å²) in [7, 11) is 3.34. The van der Waals surface area contributed by atoms with Crippen LogP contribution in [0.5, 0.6) is 5.75 Å². The van der Waals surface area contributed by atoms with Gasteiger partial charge in [0.1, 0.15) is 18.2 Å². The van der Waals surface area contributed by atoms with E-state index >= 15 is 0 Å². The summed E-state index contributed by atoms with van der Waals surface area (Å²) in [4.78, 5) is 12.9. The number of rotatable bonds is 4. The summed E-state index contributed by atoms with van der Waals surface area (Å²) in [6, 6.07) is 13.1. The molecule has 2 aromatic carbocycles. The van der Waals surface area contributed by atoms with E-state index in [0.29, 0.717) is 18.0 Å². The monoisotopic (exact) mass is 288 g/mol. The number of anilines is 1. The third-order valence-corrected chi connectivity index (χ3v) is 2.81. The van der Waals surface area contributed by atoms with Crippen molar-refractivity contribution in [3.05, 3.63) is 59.9 Å². The molecule has 110 valence electrons. The number of halogens is 1. The third kappa shape index (κ3) is 4.49. The molecule has 2 amide bonds. The van der Waals surface area contributed by atoms with Gasteiger partial charge in [0.2, 0.25) is 0 Å². The van der Waals surface area contributed by atoms with Crippen molar-refractivity contribution >= 4 is 11.7 Å². The Morgan fingerprint density at radius 1 is 1.19 bits per heavy atom. The molecule has 0 saturated carbocycles. The van der Waals surface area contributed by atoms with Gasteiger partial charge < -0.3 is 15.0 Å². The SMILES string of the molecule is CN(C)C(=O)Nc1ccc(OCc2cccc(F)c2)cc1. The van der Waals surface area contributed by atoms with E-state index in [0.717, 1.165) is 5.56 Å². The molecule has 0 bridgehead atoms. The minimum Gasteiger partial charge on any atom is -0.489 e. The molecule has 0 aliphatic heterocycles. The predicted octanol–water partition coefficient (Wildman–Crippen LogP) is 3.50. The molecular formula is C16H17FN2O2. The Bertz CT molecular complexity index is 612. The predicted molar refractivity (Wildman–Crippen MR) is 79.9 cm³/mol. The zero-order chi connectivity index (χ0) is 15.2. The molecule has 0 heterocycles. The van der Waals surface area contributed by atoms with Crippen molar-refractivity contribution in [3.8, 4) is 5.75 Å². The normalized spacial score (nSPS) is 10.0. The Morgan fingerprint density at radius 2 is 1.90 bits per heavy atom. The second-order valence-electron chi connectivity index (χ2n) is 4.77. The second-order valence-corrected chi connectivity index (χ2v) is 4.77. The van der Waals surface area contributed by atoms with Crippen LogP contribution in [0.15, 0.2) is 48.5 Å². The summed E-state index contributed by atoms with van der Waals surface area (Å²) in [5, 5.41) is 2.73. The Labute approximate surface area is 123 Å². The highest BCUT2D eigenvalue weighted by molar-refractivity contribution is 5.88. The largest absolute Gasteiger partial charge is 0.489 e. The molecule has 0 aliphatic carbocycles. The molecule has 0 spiro atoms. The number of carbonyl (C=O) groups excluding carboxylic acids is 1. The van der Waals surface area contributed by atoms with Crippen LogP contribution >= 0.6 is 0 Å². The van der Waals surface area contributed by atoms with Gasteiger partial charge in [-0.15, -0.1) is 0 Å². The minimum absolute atomic E-state index is 0.191. The number of urea groups is 1. The van der Waals surface area contributed by atoms with Crippen molar-refractivity contribution in [1.29, 1.82) is 0 Å². The first-order valence-corrected chi connectivity index (χ1v) is 6.50. The summed E-state index contributed by atoms with van der Waals surface area (Å²) < 4.78 is 18.6. The highest BCUT2D eigenvalue weighted by Crippen LogP contribution is 2.17. The summed E-state index contributed by atoms with van der Waals surface area (Å²) in [6.45, 7) is 0.293. The van der Waals surface area contributed by atoms with Crippen LogP contribution in [0, 0.1) is 5.82 Å². The zero-order valence-electron chi connectivity index (χ0n) is 12.0. The van der Waals surface area contributed by atoms with Crippen molar-refractivity contribution in [3.63, 3.8) is 0 Å². The van der Waals surface area contributed by atoms with Crippen LogP contribution in [0.3, 0.4) is 0 Å². The van der Waals surface area contributed by atoms with Crippen molar-refractivity contribution in [2.24, 2.45) is 0 Å². The second kappa shape index (κ2) is 6.74. The third-order valence-electron chi connectivity index (χ3n) is 2.81. The first kappa shape index (κ1) is 14.8. The lowest BCUT2D eigenvalue weighted by Gasteiger charge is -2.12. The van der Waals surface area contributed by atoms with Gasteiger partial charge in [0, 0.05) is 19.8 Å². The summed E-state index contributed by atoms with van der Waals surface area (Å²) in [6.07, 6.45) is 0. The van der Waals surface area contributed by atoms with E-state index in [1.807, 2.05) is 0 Å². The molecule has 4 nitrogen and oxygen atoms in total. The topological polar surface area (TPSA) is 41.6 Å². The summed E-state index contributed by atoms with van der Waals surface area (Å²) >= 11 is 0. The van der Waals surface area contributed by atoms with Crippen LogP contribution in [0.1, 0.15) is 5.56 Å². The standard InChI is InChI=1S/C16H17FN2O2/c1-19(2)16(20)18-14-6-8-15(9-7-14)21-11-12-4-3-5-13(17)10-12/h3-10H,11H2,1-2H3,(H,18,20). The Morgan fingerprint density at radius 3 is 2.52 bits per heavy atom. The number of ether oxygens (including phenoxy) is 1. The van der Waals surface area contributed by atoms with E-state index in [2.05, 4.69) is 5.32 Å². The van der Waals surface area contributed by atoms with E-state index in [1.54, 1.807) is 50.5 Å². The van der Waals surface area contributed by atoms with Gasteiger partial charge in [-0.05, 0) is 42.0 Å². The first-order valence-electron chi connectivity index (χ1n) is 6.50. The van der Waals surface area contributed by atoms with Crippen LogP contribution in [0.25, 0.3) is 0 Å². The van der Waals surface area contributed by atoms with Gasteiger partial charge in [0.05, 0.1) is 0 Å². The number of carbonyl (C=O) groups is 1. The van der Waals surface area contributed by atoms with Crippen LogP contribution in [0.4, 0.5) is 14.9 Å². The van der Waals surface area contributed by atoms with Gasteiger partial charge in [-0.3, -0.25) is 0 Å². The fourth-order valence-corrected chi connectivity index (χ4v) is 1.66. The fourth-order valence-electron chi connectivity index (χ4n) is 1.66. The van der Waals surface area contributed by atoms with E-state index in [-0.39, 0.29) is 11.8 Å². The van der Waals surface area contributed by atoms with E-state index in [9.17, 15) is 9.18 Å². The maximum Gasteiger partial charge on any atom is 0.321 e. The van der Waals surface area contributed by atoms with Crippen LogP contribution in [-0.2, 0) is 6.61 Å². The zero-order valence-corrected chi connectivity index (χ0v) is 12.0. The number of benzene rings is 2. The van der Waals surface area contributed by atoms with Crippen LogP contribution in [0.2, 0.25) is 0 Å². The molecule has 0 radical (unpaired) electrons. The lowest BCUT2D eigenvalue weighted by atomic mass is 10.2. The molecule has 5 heteroatoms. The lowest BCUT2D eigenvalue weighted by molar-refractivity contribution is 0.230. The molecule has 0 atom stereocenters. The smallest absolute Gasteiger partial charge is 0.321 e. The van der Waals surface area contributed by atoms with Gasteiger partial charge >= 0.3 is 6.03 Å². The van der Waals surface area contributed by atoms with E-state index in [1.165, 1.54) is 17.0 Å². The highest BCUT2D eigenvalue weighted by atomic mass is 19.1. The number of nitrogens with one attached hydrogen (secondary N) is 1. The van der Waals surface area contributed by atoms with Crippen molar-refractivity contribution in [2.45, 2.75) is 6.61 Å². The van der Waals surface area contributed by atoms with Crippen LogP contribution < -0.4 is 10.1 Å². The minimum atomic E-state index is -0.280. The van der Waals surface area contributed by atoms with Crippen molar-refractivity contribution in [1.82, 2.24) is 4.90 Å². The van der Waals surface area contributed by atoms with Crippen LogP contribution in [-0.4, -0.2) is 25.0 Å². The van der Waals surface area contributed by atoms with Crippen molar-refractivity contribution < 1.29 is 13.9 Å². The number of hydrogen-bond donors (Lipinski definition) is 1. The molecule has 2 rings (SSSR count). The Kier molecular flexibility index (Phi) is 4.77. The van der Waals surface area contributed by atoms with Gasteiger partial charge in [-0.25, -0.2) is 9.18 Å². The number of nitrogens with zero attached hydrogens (tertiary/aromatic N) is 1. The molecule has 0 fully saturated rings. The number of amides is 2. The molecule has 21 heavy (non-hydrogen) atoms. The molecule has 1 N–H and O–H groups in total. The maximum absolute atomic E-state index is 13.0. The first-order chi connectivity index (χ1) is 10.0. The lowest BCUT2D eigenvalue weighted by Crippen LogP contribution is -2.27. The molecule has 0 aromatic heterocycles.